The Morgan fingerprint density at radius 3 is 2.39 bits per heavy atom. The molecular weight excluding hydrogens is 374 g/mol. The number of carbonyl (C=O) groups is 3. The molecule has 9 heteroatoms. The highest BCUT2D eigenvalue weighted by Crippen LogP contribution is 2.25. The lowest BCUT2D eigenvalue weighted by Gasteiger charge is -2.12. The number of benzene rings is 2. The summed E-state index contributed by atoms with van der Waals surface area (Å²) in [6.07, 6.45) is 0. The van der Waals surface area contributed by atoms with Crippen LogP contribution in [-0.2, 0) is 9.53 Å². The van der Waals surface area contributed by atoms with Crippen molar-refractivity contribution in [3.8, 4) is 5.75 Å². The summed E-state index contributed by atoms with van der Waals surface area (Å²) in [4.78, 5) is 35.6. The molecule has 0 heterocycles. The zero-order valence-electron chi connectivity index (χ0n) is 15.4. The quantitative estimate of drug-likeness (QED) is 0.737. The van der Waals surface area contributed by atoms with E-state index in [1.165, 1.54) is 19.2 Å². The Morgan fingerprint density at radius 2 is 1.75 bits per heavy atom. The van der Waals surface area contributed by atoms with Crippen LogP contribution < -0.4 is 15.4 Å². The van der Waals surface area contributed by atoms with E-state index < -0.39 is 40.7 Å². The average Bonchev–Trinajstić information content (AvgIpc) is 2.67. The highest BCUT2D eigenvalue weighted by molar-refractivity contribution is 6.06. The summed E-state index contributed by atoms with van der Waals surface area (Å²) in [5.41, 5.74) is 0.603. The molecule has 28 heavy (non-hydrogen) atoms. The molecule has 7 nitrogen and oxygen atoms in total. The fourth-order valence-corrected chi connectivity index (χ4v) is 2.31. The van der Waals surface area contributed by atoms with Gasteiger partial charge in [-0.25, -0.2) is 8.78 Å². The minimum absolute atomic E-state index is 0.168. The third kappa shape index (κ3) is 4.61. The van der Waals surface area contributed by atoms with Gasteiger partial charge in [-0.05, 0) is 36.8 Å². The number of carbonyl (C=O) groups excluding carboxylic acids is 3. The van der Waals surface area contributed by atoms with Gasteiger partial charge in [-0.3, -0.25) is 14.4 Å². The molecule has 0 aromatic heterocycles. The summed E-state index contributed by atoms with van der Waals surface area (Å²) in [5.74, 6) is -4.75. The number of halogens is 2. The van der Waals surface area contributed by atoms with Gasteiger partial charge in [0.15, 0.2) is 17.4 Å². The van der Waals surface area contributed by atoms with Crippen LogP contribution >= 0.6 is 0 Å². The van der Waals surface area contributed by atoms with Crippen LogP contribution in [0.2, 0.25) is 0 Å². The van der Waals surface area contributed by atoms with Crippen LogP contribution in [0.15, 0.2) is 30.3 Å². The molecule has 0 aliphatic rings. The molecule has 2 aromatic carbocycles. The smallest absolute Gasteiger partial charge is 0.325 e. The Balaban J connectivity index is 2.23. The first-order chi connectivity index (χ1) is 13.3. The van der Waals surface area contributed by atoms with Crippen LogP contribution in [0.5, 0.6) is 5.75 Å². The predicted molar refractivity (Wildman–Crippen MR) is 96.4 cm³/mol. The van der Waals surface area contributed by atoms with E-state index in [9.17, 15) is 23.2 Å². The summed E-state index contributed by atoms with van der Waals surface area (Å²) >= 11 is 0. The van der Waals surface area contributed by atoms with E-state index in [1.54, 1.807) is 13.0 Å². The lowest BCUT2D eigenvalue weighted by molar-refractivity contribution is -0.139. The fraction of sp³-hybridized carbons (Fsp3) is 0.211. The number of nitrogens with one attached hydrogen (secondary N) is 2. The van der Waals surface area contributed by atoms with Gasteiger partial charge in [0.1, 0.15) is 6.54 Å². The second kappa shape index (κ2) is 8.94. The lowest BCUT2D eigenvalue weighted by atomic mass is 10.1. The Morgan fingerprint density at radius 1 is 1.04 bits per heavy atom. The average molecular weight is 392 g/mol. The van der Waals surface area contributed by atoms with E-state index in [1.807, 2.05) is 0 Å². The maximum atomic E-state index is 14.3. The largest absolute Gasteiger partial charge is 0.491 e. The molecule has 0 aliphatic carbocycles. The van der Waals surface area contributed by atoms with Crippen LogP contribution in [0.1, 0.15) is 26.3 Å². The third-order valence-corrected chi connectivity index (χ3v) is 3.87. The van der Waals surface area contributed by atoms with Crippen LogP contribution in [0.3, 0.4) is 0 Å². The number of ether oxygens (including phenoxy) is 2. The van der Waals surface area contributed by atoms with E-state index in [0.717, 1.165) is 19.2 Å². The second-order valence-electron chi connectivity index (χ2n) is 5.68. The lowest BCUT2D eigenvalue weighted by Crippen LogP contribution is -2.30. The molecule has 0 saturated carbocycles. The Kier molecular flexibility index (Phi) is 6.64. The number of methoxy groups -OCH3 is 2. The van der Waals surface area contributed by atoms with E-state index >= 15 is 0 Å². The third-order valence-electron chi connectivity index (χ3n) is 3.87. The Bertz CT molecular complexity index is 931. The summed E-state index contributed by atoms with van der Waals surface area (Å²) in [7, 11) is 2.28. The summed E-state index contributed by atoms with van der Waals surface area (Å²) in [6, 6.07) is 6.35. The van der Waals surface area contributed by atoms with Crippen molar-refractivity contribution in [3.63, 3.8) is 0 Å². The monoisotopic (exact) mass is 392 g/mol. The normalized spacial score (nSPS) is 10.2. The maximum Gasteiger partial charge on any atom is 0.325 e. The minimum Gasteiger partial charge on any atom is -0.491 e. The molecule has 148 valence electrons. The second-order valence-corrected chi connectivity index (χ2v) is 5.68. The number of rotatable bonds is 6. The molecule has 0 spiro atoms. The summed E-state index contributed by atoms with van der Waals surface area (Å²) in [5, 5.41) is 4.85. The van der Waals surface area contributed by atoms with Crippen molar-refractivity contribution in [2.75, 3.05) is 26.1 Å². The van der Waals surface area contributed by atoms with Crippen molar-refractivity contribution < 1.29 is 32.6 Å². The minimum atomic E-state index is -1.13. The molecule has 0 saturated heterocycles. The van der Waals surface area contributed by atoms with Crippen LogP contribution in [0.25, 0.3) is 0 Å². The molecule has 0 bridgehead atoms. The van der Waals surface area contributed by atoms with Gasteiger partial charge >= 0.3 is 5.97 Å². The Labute approximate surface area is 159 Å². The van der Waals surface area contributed by atoms with Crippen molar-refractivity contribution in [2.45, 2.75) is 6.92 Å². The van der Waals surface area contributed by atoms with E-state index in [0.29, 0.717) is 5.56 Å². The molecule has 2 N–H and O–H groups in total. The van der Waals surface area contributed by atoms with Gasteiger partial charge in [-0.2, -0.15) is 0 Å². The first-order valence-corrected chi connectivity index (χ1v) is 8.07. The van der Waals surface area contributed by atoms with Gasteiger partial charge < -0.3 is 20.1 Å². The van der Waals surface area contributed by atoms with Crippen LogP contribution in [0.4, 0.5) is 14.5 Å². The Hall–Kier alpha value is -3.49. The number of anilines is 1. The van der Waals surface area contributed by atoms with Crippen molar-refractivity contribution in [1.29, 1.82) is 0 Å². The van der Waals surface area contributed by atoms with Crippen molar-refractivity contribution >= 4 is 23.5 Å². The first kappa shape index (κ1) is 20.8. The highest BCUT2D eigenvalue weighted by Gasteiger charge is 2.20. The zero-order valence-corrected chi connectivity index (χ0v) is 15.4. The fourth-order valence-electron chi connectivity index (χ4n) is 2.31. The molecular formula is C19H18F2N2O5. The van der Waals surface area contributed by atoms with Gasteiger partial charge in [0.2, 0.25) is 0 Å². The number of hydrogen-bond acceptors (Lipinski definition) is 5. The molecule has 0 aliphatic heterocycles. The van der Waals surface area contributed by atoms with Gasteiger partial charge in [-0.1, -0.05) is 6.07 Å². The van der Waals surface area contributed by atoms with Crippen LogP contribution in [0, 0.1) is 18.6 Å². The van der Waals surface area contributed by atoms with Gasteiger partial charge in [0.25, 0.3) is 11.8 Å². The van der Waals surface area contributed by atoms with Crippen molar-refractivity contribution in [1.82, 2.24) is 5.32 Å². The predicted octanol–water partition coefficient (Wildman–Crippen LogP) is 2.44. The van der Waals surface area contributed by atoms with Crippen LogP contribution in [-0.4, -0.2) is 38.5 Å². The molecule has 2 aromatic rings. The van der Waals surface area contributed by atoms with Gasteiger partial charge in [0.05, 0.1) is 19.8 Å². The highest BCUT2D eigenvalue weighted by atomic mass is 19.1. The molecule has 2 rings (SSSR count). The topological polar surface area (TPSA) is 93.7 Å². The maximum absolute atomic E-state index is 14.3. The SMILES string of the molecule is COC(=O)CNC(=O)c1ccc(C)c(NC(=O)c2ccc(F)c(OC)c2F)c1. The first-order valence-electron chi connectivity index (χ1n) is 8.07. The molecule has 0 atom stereocenters. The van der Waals surface area contributed by atoms with Gasteiger partial charge in [-0.15, -0.1) is 0 Å². The summed E-state index contributed by atoms with van der Waals surface area (Å²) < 4.78 is 36.8. The summed E-state index contributed by atoms with van der Waals surface area (Å²) in [6.45, 7) is 1.36. The zero-order chi connectivity index (χ0) is 20.8. The number of esters is 1. The van der Waals surface area contributed by atoms with Crippen molar-refractivity contribution in [2.24, 2.45) is 0 Å². The van der Waals surface area contributed by atoms with Crippen molar-refractivity contribution in [3.05, 3.63) is 58.7 Å². The molecule has 0 unspecified atom stereocenters. The molecule has 2 amide bonds. The van der Waals surface area contributed by atoms with Gasteiger partial charge in [0, 0.05) is 11.3 Å². The molecule has 0 fully saturated rings. The molecule has 0 radical (unpaired) electrons. The number of hydrogen-bond donors (Lipinski definition) is 2. The number of aryl methyl sites for hydroxylation is 1. The number of amides is 2. The van der Waals surface area contributed by atoms with E-state index in [2.05, 4.69) is 20.1 Å². The van der Waals surface area contributed by atoms with E-state index in [-0.39, 0.29) is 17.8 Å². The standard InChI is InChI=1S/C19H18F2N2O5/c1-10-4-5-11(18(25)22-9-15(24)27-2)8-14(10)23-19(26)12-6-7-13(20)17(28-3)16(12)21/h4-8H,9H2,1-3H3,(H,22,25)(H,23,26). The van der Waals surface area contributed by atoms with E-state index in [4.69, 9.17) is 0 Å².